The van der Waals surface area contributed by atoms with Gasteiger partial charge in [0.2, 0.25) is 17.2 Å². The van der Waals surface area contributed by atoms with Crippen molar-refractivity contribution in [3.05, 3.63) is 119 Å². The highest BCUT2D eigenvalue weighted by Crippen LogP contribution is 2.44. The molecule has 3 atom stereocenters. The lowest BCUT2D eigenvalue weighted by molar-refractivity contribution is -0.159. The molecule has 0 radical (unpaired) electrons. The molecular weight excluding hydrogens is 622 g/mol. The molecule has 3 aromatic carbocycles. The van der Waals surface area contributed by atoms with Crippen molar-refractivity contribution < 1.29 is 24.0 Å². The molecule has 2 aliphatic rings. The second-order valence-corrected chi connectivity index (χ2v) is 13.0. The van der Waals surface area contributed by atoms with Crippen LogP contribution < -0.4 is 11.5 Å². The van der Waals surface area contributed by atoms with Crippen LogP contribution in [0.5, 0.6) is 0 Å². The van der Waals surface area contributed by atoms with Gasteiger partial charge in [-0.1, -0.05) is 96.2 Å². The van der Waals surface area contributed by atoms with Gasteiger partial charge in [-0.25, -0.2) is 14.6 Å². The van der Waals surface area contributed by atoms with Gasteiger partial charge in [0.15, 0.2) is 10.0 Å². The SMILES string of the molecule is Nc1nc(C(=NOC(c2ccccc2)(c2ccccc2)c2ccccc2)C(=O)OC(=O)C2(Cl)CN3C(=O)C[C@H]3SC2N)cs1. The standard InChI is InChI=1S/C31H26ClN5O5S2/c32-30(18-37-23(38)16-24(37)44-27(30)33)28(40)41-26(39)25(22-17-43-29(34)35-22)36-42-31(19-10-4-1-5-11-19,20-12-6-2-7-13-20)21-14-8-3-9-15-21/h1-15,17,24,27H,16,18,33H2,(H2,34,35)/t24-,27?,30?/m1/s1. The number of benzene rings is 3. The lowest BCUT2D eigenvalue weighted by Gasteiger charge is -2.50. The van der Waals surface area contributed by atoms with Crippen LogP contribution in [0, 0.1) is 0 Å². The summed E-state index contributed by atoms with van der Waals surface area (Å²) in [7, 11) is 0. The number of carbonyl (C=O) groups excluding carboxylic acids is 3. The molecule has 13 heteroatoms. The molecule has 2 saturated heterocycles. The first-order valence-corrected chi connectivity index (χ1v) is 15.7. The minimum Gasteiger partial charge on any atom is -0.387 e. The Labute approximate surface area is 266 Å². The zero-order chi connectivity index (χ0) is 30.9. The number of anilines is 1. The Balaban J connectivity index is 1.41. The monoisotopic (exact) mass is 647 g/mol. The van der Waals surface area contributed by atoms with E-state index >= 15 is 0 Å². The maximum Gasteiger partial charge on any atom is 0.370 e. The third-order valence-electron chi connectivity index (χ3n) is 7.47. The van der Waals surface area contributed by atoms with Crippen LogP contribution in [0.1, 0.15) is 28.8 Å². The molecule has 2 fully saturated rings. The van der Waals surface area contributed by atoms with Crippen LogP contribution in [-0.2, 0) is 29.6 Å². The van der Waals surface area contributed by atoms with Crippen molar-refractivity contribution >= 4 is 63.4 Å². The van der Waals surface area contributed by atoms with Crippen molar-refractivity contribution in [3.63, 3.8) is 0 Å². The normalized spacial score (nSPS) is 21.6. The van der Waals surface area contributed by atoms with Gasteiger partial charge in [0.1, 0.15) is 5.69 Å². The number of fused-ring (bicyclic) bond motifs is 1. The van der Waals surface area contributed by atoms with E-state index in [0.717, 1.165) is 28.0 Å². The third-order valence-corrected chi connectivity index (χ3v) is 10.2. The van der Waals surface area contributed by atoms with Crippen LogP contribution >= 0.6 is 34.7 Å². The predicted octanol–water partition coefficient (Wildman–Crippen LogP) is 4.08. The Bertz CT molecular complexity index is 1630. The quantitative estimate of drug-likeness (QED) is 0.0549. The Morgan fingerprint density at radius 1 is 0.977 bits per heavy atom. The Morgan fingerprint density at radius 2 is 1.52 bits per heavy atom. The lowest BCUT2D eigenvalue weighted by atomic mass is 9.80. The topological polar surface area (TPSA) is 150 Å². The number of hydrogen-bond donors (Lipinski definition) is 2. The molecule has 4 N–H and O–H groups in total. The number of amides is 1. The highest BCUT2D eigenvalue weighted by molar-refractivity contribution is 8.00. The van der Waals surface area contributed by atoms with Crippen LogP contribution in [-0.4, -0.2) is 55.6 Å². The minimum atomic E-state index is -1.86. The molecule has 224 valence electrons. The number of alkyl halides is 1. The van der Waals surface area contributed by atoms with Gasteiger partial charge in [-0.2, -0.15) is 0 Å². The van der Waals surface area contributed by atoms with Gasteiger partial charge in [0.05, 0.1) is 23.7 Å². The molecule has 10 nitrogen and oxygen atoms in total. The smallest absolute Gasteiger partial charge is 0.370 e. The Morgan fingerprint density at radius 3 is 2.00 bits per heavy atom. The number of carbonyl (C=O) groups is 3. The summed E-state index contributed by atoms with van der Waals surface area (Å²) >= 11 is 8.90. The van der Waals surface area contributed by atoms with Gasteiger partial charge in [-0.05, 0) is 0 Å². The summed E-state index contributed by atoms with van der Waals surface area (Å²) in [5.41, 5.74) is 12.6. The number of thioether (sulfide) groups is 1. The van der Waals surface area contributed by atoms with E-state index in [-0.39, 0.29) is 28.7 Å². The molecule has 0 aliphatic carbocycles. The van der Waals surface area contributed by atoms with Crippen molar-refractivity contribution in [2.75, 3.05) is 12.3 Å². The number of nitrogen functional groups attached to an aromatic ring is 1. The predicted molar refractivity (Wildman–Crippen MR) is 169 cm³/mol. The van der Waals surface area contributed by atoms with Crippen LogP contribution in [0.15, 0.2) is 102 Å². The van der Waals surface area contributed by atoms with E-state index < -0.39 is 33.5 Å². The number of nitrogens with zero attached hydrogens (tertiary/aromatic N) is 3. The van der Waals surface area contributed by atoms with E-state index in [0.29, 0.717) is 6.42 Å². The summed E-state index contributed by atoms with van der Waals surface area (Å²) in [6.45, 7) is -0.190. The zero-order valence-electron chi connectivity index (χ0n) is 23.0. The number of esters is 2. The van der Waals surface area contributed by atoms with Crippen LogP contribution in [0.4, 0.5) is 5.13 Å². The summed E-state index contributed by atoms with van der Waals surface area (Å²) in [6, 6.07) is 28.2. The molecule has 0 bridgehead atoms. The van der Waals surface area contributed by atoms with Crippen LogP contribution in [0.25, 0.3) is 0 Å². The van der Waals surface area contributed by atoms with Gasteiger partial charge >= 0.3 is 11.9 Å². The molecule has 2 aliphatic heterocycles. The summed E-state index contributed by atoms with van der Waals surface area (Å²) < 4.78 is 5.29. The number of aromatic nitrogens is 1. The second kappa shape index (κ2) is 12.0. The molecular formula is C31H26ClN5O5S2. The lowest BCUT2D eigenvalue weighted by Crippen LogP contribution is -2.67. The number of ether oxygens (including phenoxy) is 1. The summed E-state index contributed by atoms with van der Waals surface area (Å²) in [5.74, 6) is -2.44. The summed E-state index contributed by atoms with van der Waals surface area (Å²) in [4.78, 5) is 49.4. The third kappa shape index (κ3) is 5.34. The molecule has 3 heterocycles. The van der Waals surface area contributed by atoms with Gasteiger partial charge in [0.25, 0.3) is 0 Å². The number of thiazole rings is 1. The molecule has 0 saturated carbocycles. The first-order chi connectivity index (χ1) is 21.2. The Kier molecular flexibility index (Phi) is 8.16. The van der Waals surface area contributed by atoms with Crippen molar-refractivity contribution in [3.8, 4) is 0 Å². The number of β-lactam (4-membered cyclic amide) rings is 1. The largest absolute Gasteiger partial charge is 0.387 e. The number of oxime groups is 1. The van der Waals surface area contributed by atoms with Crippen LogP contribution in [0.2, 0.25) is 0 Å². The van der Waals surface area contributed by atoms with Crippen LogP contribution in [0.3, 0.4) is 0 Å². The molecule has 1 amide bonds. The van der Waals surface area contributed by atoms with E-state index in [1.807, 2.05) is 91.0 Å². The highest BCUT2D eigenvalue weighted by Gasteiger charge is 2.57. The first kappa shape index (κ1) is 29.8. The van der Waals surface area contributed by atoms with E-state index in [1.54, 1.807) is 0 Å². The molecule has 6 rings (SSSR count). The average molecular weight is 648 g/mol. The van der Waals surface area contributed by atoms with Gasteiger partial charge < -0.3 is 25.9 Å². The number of hydrogen-bond acceptors (Lipinski definition) is 11. The highest BCUT2D eigenvalue weighted by atomic mass is 35.5. The average Bonchev–Trinajstić information content (AvgIpc) is 3.47. The van der Waals surface area contributed by atoms with Gasteiger partial charge in [-0.3, -0.25) is 4.79 Å². The van der Waals surface area contributed by atoms with E-state index in [4.69, 9.17) is 32.6 Å². The zero-order valence-corrected chi connectivity index (χ0v) is 25.4. The molecule has 44 heavy (non-hydrogen) atoms. The van der Waals surface area contributed by atoms with E-state index in [2.05, 4.69) is 10.1 Å². The number of halogens is 1. The fraction of sp³-hybridized carbons (Fsp3) is 0.194. The van der Waals surface area contributed by atoms with E-state index in [1.165, 1.54) is 22.0 Å². The summed E-state index contributed by atoms with van der Waals surface area (Å²) in [6.07, 6.45) is 0.310. The van der Waals surface area contributed by atoms with E-state index in [9.17, 15) is 14.4 Å². The Hall–Kier alpha value is -4.23. The van der Waals surface area contributed by atoms with Gasteiger partial charge in [-0.15, -0.1) is 34.7 Å². The molecule has 4 aromatic rings. The van der Waals surface area contributed by atoms with Crippen molar-refractivity contribution in [1.29, 1.82) is 0 Å². The molecule has 1 aromatic heterocycles. The fourth-order valence-electron chi connectivity index (χ4n) is 5.13. The van der Waals surface area contributed by atoms with Crippen molar-refractivity contribution in [1.82, 2.24) is 9.88 Å². The van der Waals surface area contributed by atoms with Crippen molar-refractivity contribution in [2.24, 2.45) is 10.9 Å². The molecule has 2 unspecified atom stereocenters. The van der Waals surface area contributed by atoms with Gasteiger partial charge in [0, 0.05) is 22.1 Å². The van der Waals surface area contributed by atoms with Crippen molar-refractivity contribution in [2.45, 2.75) is 27.6 Å². The second-order valence-electron chi connectivity index (χ2n) is 10.2. The molecule has 0 spiro atoms. The summed E-state index contributed by atoms with van der Waals surface area (Å²) in [5, 5.41) is 4.90. The first-order valence-electron chi connectivity index (χ1n) is 13.5. The minimum absolute atomic E-state index is 0.0392. The number of rotatable bonds is 8. The number of nitrogens with two attached hydrogens (primary N) is 2. The fourth-order valence-corrected chi connectivity index (χ4v) is 7.30. The maximum absolute atomic E-state index is 13.7. The maximum atomic E-state index is 13.7.